The van der Waals surface area contributed by atoms with Crippen LogP contribution in [0.25, 0.3) is 0 Å². The summed E-state index contributed by atoms with van der Waals surface area (Å²) in [6.07, 6.45) is 11.7. The largest absolute Gasteiger partial charge is 0.317 e. The fourth-order valence-electron chi connectivity index (χ4n) is 1.84. The molecule has 0 heterocycles. The van der Waals surface area contributed by atoms with E-state index in [2.05, 4.69) is 25.4 Å². The van der Waals surface area contributed by atoms with Crippen LogP contribution in [0.1, 0.15) is 45.4 Å². The van der Waals surface area contributed by atoms with Gasteiger partial charge in [0.1, 0.15) is 0 Å². The van der Waals surface area contributed by atoms with Gasteiger partial charge in [-0.3, -0.25) is 0 Å². The molecule has 0 aromatic carbocycles. The Hall–Kier alpha value is -0.560. The Morgan fingerprint density at radius 1 is 1.07 bits per heavy atom. The highest BCUT2D eigenvalue weighted by atomic mass is 14.8. The maximum atomic E-state index is 3.81. The van der Waals surface area contributed by atoms with Crippen LogP contribution < -0.4 is 5.32 Å². The van der Waals surface area contributed by atoms with E-state index in [4.69, 9.17) is 0 Å². The van der Waals surface area contributed by atoms with Gasteiger partial charge in [-0.25, -0.2) is 0 Å². The first kappa shape index (κ1) is 14.4. The maximum absolute atomic E-state index is 3.81. The van der Waals surface area contributed by atoms with Crippen molar-refractivity contribution in [2.75, 3.05) is 13.1 Å². The van der Waals surface area contributed by atoms with Gasteiger partial charge < -0.3 is 5.32 Å². The van der Waals surface area contributed by atoms with Gasteiger partial charge in [-0.2, -0.15) is 0 Å². The molecule has 0 aromatic heterocycles. The normalized spacial score (nSPS) is 10.5. The summed E-state index contributed by atoms with van der Waals surface area (Å²) in [5.74, 6) is 0.777. The van der Waals surface area contributed by atoms with Crippen LogP contribution in [0.5, 0.6) is 0 Å². The second-order valence-corrected chi connectivity index (χ2v) is 4.12. The second-order valence-electron chi connectivity index (χ2n) is 4.12. The van der Waals surface area contributed by atoms with Gasteiger partial charge in [0, 0.05) is 0 Å². The van der Waals surface area contributed by atoms with Gasteiger partial charge in [0.05, 0.1) is 0 Å². The lowest BCUT2D eigenvalue weighted by Gasteiger charge is -2.12. The van der Waals surface area contributed by atoms with Crippen molar-refractivity contribution in [2.24, 2.45) is 5.92 Å². The summed E-state index contributed by atoms with van der Waals surface area (Å²) in [7, 11) is 0. The van der Waals surface area contributed by atoms with Gasteiger partial charge in [0.15, 0.2) is 0 Å². The molecule has 15 heavy (non-hydrogen) atoms. The smallest absolute Gasteiger partial charge is 0.00490 e. The average molecular weight is 209 g/mol. The maximum Gasteiger partial charge on any atom is -0.00490 e. The van der Waals surface area contributed by atoms with Crippen LogP contribution in [-0.4, -0.2) is 13.1 Å². The molecule has 0 saturated heterocycles. The number of unbranched alkanes of at least 4 members (excludes halogenated alkanes) is 2. The third-order valence-corrected chi connectivity index (χ3v) is 2.72. The number of allylic oxidation sites excluding steroid dienone is 2. The van der Waals surface area contributed by atoms with Crippen LogP contribution in [0.4, 0.5) is 0 Å². The third kappa shape index (κ3) is 9.74. The summed E-state index contributed by atoms with van der Waals surface area (Å²) in [6.45, 7) is 12.0. The predicted molar refractivity (Wildman–Crippen MR) is 70.1 cm³/mol. The van der Waals surface area contributed by atoms with Crippen LogP contribution in [-0.2, 0) is 0 Å². The standard InChI is InChI=1S/C14H27N/c1-4-10-14(11-5-2)12-8-7-9-13-15-6-3/h4-5,14-15H,1-2,6-13H2,3H3. The zero-order valence-electron chi connectivity index (χ0n) is 10.3. The van der Waals surface area contributed by atoms with Crippen molar-refractivity contribution < 1.29 is 0 Å². The molecule has 0 bridgehead atoms. The topological polar surface area (TPSA) is 12.0 Å². The van der Waals surface area contributed by atoms with E-state index in [-0.39, 0.29) is 0 Å². The molecule has 0 radical (unpaired) electrons. The van der Waals surface area contributed by atoms with E-state index in [1.54, 1.807) is 0 Å². The molecule has 0 aliphatic carbocycles. The Bertz CT molecular complexity index is 141. The van der Waals surface area contributed by atoms with Crippen LogP contribution in [0, 0.1) is 5.92 Å². The first-order chi connectivity index (χ1) is 7.35. The van der Waals surface area contributed by atoms with Crippen molar-refractivity contribution in [3.63, 3.8) is 0 Å². The van der Waals surface area contributed by atoms with E-state index in [1.165, 1.54) is 32.2 Å². The SMILES string of the molecule is C=CCC(CC=C)CCCCCNCC. The number of hydrogen-bond donors (Lipinski definition) is 1. The number of hydrogen-bond acceptors (Lipinski definition) is 1. The molecule has 1 N–H and O–H groups in total. The van der Waals surface area contributed by atoms with E-state index < -0.39 is 0 Å². The quantitative estimate of drug-likeness (QED) is 0.402. The highest BCUT2D eigenvalue weighted by Gasteiger charge is 2.03. The summed E-state index contributed by atoms with van der Waals surface area (Å²) in [5, 5.41) is 3.35. The first-order valence-corrected chi connectivity index (χ1v) is 6.27. The van der Waals surface area contributed by atoms with E-state index >= 15 is 0 Å². The molecular formula is C14H27N. The monoisotopic (exact) mass is 209 g/mol. The van der Waals surface area contributed by atoms with E-state index in [1.807, 2.05) is 12.2 Å². The molecule has 0 atom stereocenters. The Morgan fingerprint density at radius 3 is 2.27 bits per heavy atom. The minimum Gasteiger partial charge on any atom is -0.317 e. The van der Waals surface area contributed by atoms with Crippen molar-refractivity contribution in [3.05, 3.63) is 25.3 Å². The van der Waals surface area contributed by atoms with Gasteiger partial charge in [-0.05, 0) is 44.7 Å². The molecule has 88 valence electrons. The summed E-state index contributed by atoms with van der Waals surface area (Å²) >= 11 is 0. The molecule has 0 rings (SSSR count). The lowest BCUT2D eigenvalue weighted by atomic mass is 9.94. The van der Waals surface area contributed by atoms with Crippen molar-refractivity contribution >= 4 is 0 Å². The molecule has 0 aliphatic heterocycles. The fraction of sp³-hybridized carbons (Fsp3) is 0.714. The summed E-state index contributed by atoms with van der Waals surface area (Å²) in [6, 6.07) is 0. The fourth-order valence-corrected chi connectivity index (χ4v) is 1.84. The lowest BCUT2D eigenvalue weighted by molar-refractivity contribution is 0.461. The number of rotatable bonds is 11. The molecule has 0 unspecified atom stereocenters. The van der Waals surface area contributed by atoms with Gasteiger partial charge in [-0.1, -0.05) is 31.9 Å². The molecule has 0 aliphatic rings. The minimum atomic E-state index is 0.777. The van der Waals surface area contributed by atoms with E-state index in [0.29, 0.717) is 0 Å². The highest BCUT2D eigenvalue weighted by molar-refractivity contribution is 4.79. The summed E-state index contributed by atoms with van der Waals surface area (Å²) < 4.78 is 0. The second kappa shape index (κ2) is 11.5. The molecular weight excluding hydrogens is 182 g/mol. The average Bonchev–Trinajstić information content (AvgIpc) is 2.24. The van der Waals surface area contributed by atoms with Crippen molar-refractivity contribution in [2.45, 2.75) is 45.4 Å². The third-order valence-electron chi connectivity index (χ3n) is 2.72. The Kier molecular flexibility index (Phi) is 11.1. The predicted octanol–water partition coefficient (Wildman–Crippen LogP) is 3.92. The molecule has 0 fully saturated rings. The zero-order valence-corrected chi connectivity index (χ0v) is 10.3. The zero-order chi connectivity index (χ0) is 11.4. The molecule has 0 amide bonds. The van der Waals surface area contributed by atoms with Crippen LogP contribution in [0.15, 0.2) is 25.3 Å². The lowest BCUT2D eigenvalue weighted by Crippen LogP contribution is -2.13. The minimum absolute atomic E-state index is 0.777. The molecule has 1 nitrogen and oxygen atoms in total. The van der Waals surface area contributed by atoms with Crippen molar-refractivity contribution in [1.82, 2.24) is 5.32 Å². The van der Waals surface area contributed by atoms with Gasteiger partial charge in [0.2, 0.25) is 0 Å². The molecule has 0 spiro atoms. The van der Waals surface area contributed by atoms with Gasteiger partial charge >= 0.3 is 0 Å². The van der Waals surface area contributed by atoms with E-state index in [0.717, 1.165) is 25.3 Å². The van der Waals surface area contributed by atoms with Crippen LogP contribution in [0.3, 0.4) is 0 Å². The van der Waals surface area contributed by atoms with Gasteiger partial charge in [-0.15, -0.1) is 13.2 Å². The van der Waals surface area contributed by atoms with Crippen LogP contribution >= 0.6 is 0 Å². The van der Waals surface area contributed by atoms with Gasteiger partial charge in [0.25, 0.3) is 0 Å². The number of nitrogens with one attached hydrogen (secondary N) is 1. The first-order valence-electron chi connectivity index (χ1n) is 6.27. The highest BCUT2D eigenvalue weighted by Crippen LogP contribution is 2.18. The molecule has 0 aromatic rings. The summed E-state index contributed by atoms with van der Waals surface area (Å²) in [4.78, 5) is 0. The Balaban J connectivity index is 3.35. The Morgan fingerprint density at radius 2 is 1.73 bits per heavy atom. The van der Waals surface area contributed by atoms with E-state index in [9.17, 15) is 0 Å². The molecule has 0 saturated carbocycles. The van der Waals surface area contributed by atoms with Crippen LogP contribution in [0.2, 0.25) is 0 Å². The van der Waals surface area contributed by atoms with Crippen molar-refractivity contribution in [1.29, 1.82) is 0 Å². The van der Waals surface area contributed by atoms with Crippen molar-refractivity contribution in [3.8, 4) is 0 Å². The Labute approximate surface area is 95.7 Å². The molecule has 1 heteroatoms. The summed E-state index contributed by atoms with van der Waals surface area (Å²) in [5.41, 5.74) is 0.